The molecule has 3 amide bonds. The molecule has 0 aliphatic rings. The van der Waals surface area contributed by atoms with Gasteiger partial charge in [0.05, 0.1) is 11.4 Å². The number of amides is 3. The fourth-order valence-electron chi connectivity index (χ4n) is 6.84. The zero-order chi connectivity index (χ0) is 55.0. The molecule has 0 aliphatic heterocycles. The topological polar surface area (TPSA) is 260 Å². The lowest BCUT2D eigenvalue weighted by molar-refractivity contribution is 0.0991. The molecule has 0 atom stereocenters. The molecule has 386 valence electrons. The Morgan fingerprint density at radius 3 is 1.39 bits per heavy atom. The van der Waals surface area contributed by atoms with Gasteiger partial charge in [-0.1, -0.05) is 35.4 Å². The average molecular weight is 1080 g/mol. The summed E-state index contributed by atoms with van der Waals surface area (Å²) in [6.45, 7) is 7.08. The first kappa shape index (κ1) is 53.9. The fraction of sp³-hybridized carbons (Fsp3) is 0.0392. The number of hydrogen-bond acceptors (Lipinski definition) is 12. The molecule has 0 aliphatic carbocycles. The van der Waals surface area contributed by atoms with Crippen LogP contribution >= 0.6 is 23.2 Å². The van der Waals surface area contributed by atoms with Crippen LogP contribution in [0.4, 0.5) is 34.8 Å². The summed E-state index contributed by atoms with van der Waals surface area (Å²) < 4.78 is 70.8. The molecular formula is C51H36Cl2F4N10O9. The normalized spacial score (nSPS) is 10.7. The maximum absolute atomic E-state index is 14.8. The number of pyridine rings is 2. The van der Waals surface area contributed by atoms with E-state index in [2.05, 4.69) is 33.8 Å². The van der Waals surface area contributed by atoms with Crippen LogP contribution < -0.4 is 54.1 Å². The van der Waals surface area contributed by atoms with Crippen LogP contribution in [0.25, 0.3) is 11.4 Å². The highest BCUT2D eigenvalue weighted by Gasteiger charge is 2.22. The van der Waals surface area contributed by atoms with Crippen LogP contribution in [0, 0.1) is 23.3 Å². The second kappa shape index (κ2) is 23.3. The minimum Gasteiger partial charge on any atom is -0.453 e. The third kappa shape index (κ3) is 12.0. The number of benzene rings is 4. The van der Waals surface area contributed by atoms with E-state index < -0.39 is 74.6 Å². The molecule has 4 aromatic heterocycles. The monoisotopic (exact) mass is 1080 g/mol. The highest BCUT2D eigenvalue weighted by Crippen LogP contribution is 2.35. The number of nitrogen functional groups attached to an aromatic ring is 1. The fourth-order valence-corrected chi connectivity index (χ4v) is 7.24. The van der Waals surface area contributed by atoms with Gasteiger partial charge in [-0.15, -0.1) is 13.2 Å². The van der Waals surface area contributed by atoms with Gasteiger partial charge in [-0.3, -0.25) is 33.1 Å². The molecule has 4 heterocycles. The molecule has 8 aromatic rings. The van der Waals surface area contributed by atoms with Crippen LogP contribution in [0.2, 0.25) is 10.0 Å². The minimum absolute atomic E-state index is 0.00407. The molecule has 0 spiro atoms. The molecule has 8 rings (SSSR count). The van der Waals surface area contributed by atoms with Gasteiger partial charge >= 0.3 is 11.4 Å². The molecule has 0 saturated carbocycles. The maximum Gasteiger partial charge on any atom is 0.335 e. The number of aromatic nitrogens is 6. The van der Waals surface area contributed by atoms with E-state index in [0.717, 1.165) is 62.5 Å². The first-order valence-electron chi connectivity index (χ1n) is 21.7. The van der Waals surface area contributed by atoms with E-state index in [9.17, 15) is 51.1 Å². The summed E-state index contributed by atoms with van der Waals surface area (Å²) in [5, 5.41) is 4.61. The lowest BCUT2D eigenvalue weighted by Gasteiger charge is -2.13. The number of nitrogens with one attached hydrogen (secondary N) is 2. The molecular weight excluding hydrogens is 1040 g/mol. The summed E-state index contributed by atoms with van der Waals surface area (Å²) in [4.78, 5) is 96.9. The predicted molar refractivity (Wildman–Crippen MR) is 273 cm³/mol. The molecule has 0 fully saturated rings. The lowest BCUT2D eigenvalue weighted by Crippen LogP contribution is -2.42. The van der Waals surface area contributed by atoms with E-state index in [1.54, 1.807) is 0 Å². The Morgan fingerprint density at radius 1 is 0.592 bits per heavy atom. The molecule has 6 N–H and O–H groups in total. The summed E-state index contributed by atoms with van der Waals surface area (Å²) >= 11 is 12.1. The van der Waals surface area contributed by atoms with Crippen molar-refractivity contribution in [2.45, 2.75) is 13.1 Å². The van der Waals surface area contributed by atoms with Gasteiger partial charge in [0.1, 0.15) is 50.1 Å². The van der Waals surface area contributed by atoms with Gasteiger partial charge in [-0.25, -0.2) is 46.3 Å². The third-order valence-corrected chi connectivity index (χ3v) is 11.2. The van der Waals surface area contributed by atoms with Crippen LogP contribution in [0.15, 0.2) is 166 Å². The first-order chi connectivity index (χ1) is 36.3. The number of halogens is 6. The Bertz CT molecular complexity index is 3870. The molecule has 4 aromatic carbocycles. The van der Waals surface area contributed by atoms with Crippen LogP contribution in [0.1, 0.15) is 31.2 Å². The van der Waals surface area contributed by atoms with E-state index >= 15 is 0 Å². The van der Waals surface area contributed by atoms with Crippen LogP contribution in [0.3, 0.4) is 0 Å². The summed E-state index contributed by atoms with van der Waals surface area (Å²) in [5.74, 6) is -6.15. The highest BCUT2D eigenvalue weighted by atomic mass is 35.5. The first-order valence-corrected chi connectivity index (χ1v) is 22.4. The van der Waals surface area contributed by atoms with Crippen molar-refractivity contribution in [2.24, 2.45) is 5.73 Å². The number of anilines is 3. The zero-order valence-corrected chi connectivity index (χ0v) is 40.3. The Balaban J connectivity index is 0.000000221. The Morgan fingerprint density at radius 2 is 1.00 bits per heavy atom. The summed E-state index contributed by atoms with van der Waals surface area (Å²) in [5.41, 5.74) is 6.32. The van der Waals surface area contributed by atoms with Crippen LogP contribution in [-0.2, 0) is 13.1 Å². The van der Waals surface area contributed by atoms with Gasteiger partial charge in [-0.05, 0) is 72.8 Å². The summed E-state index contributed by atoms with van der Waals surface area (Å²) in [7, 11) is 0. The number of nitrogens with zero attached hydrogens (tertiary/aromatic N) is 6. The second-order valence-electron chi connectivity index (χ2n) is 15.5. The number of ether oxygens (including phenoxy) is 2. The number of carbonyl (C=O) groups excluding carboxylic acids is 3. The minimum atomic E-state index is -0.970. The van der Waals surface area contributed by atoms with Crippen molar-refractivity contribution < 1.29 is 41.4 Å². The molecule has 25 heteroatoms. The van der Waals surface area contributed by atoms with Crippen molar-refractivity contribution in [3.63, 3.8) is 0 Å². The molecule has 76 heavy (non-hydrogen) atoms. The Kier molecular flexibility index (Phi) is 16.6. The Labute approximate surface area is 434 Å². The number of rotatable bonds is 15. The zero-order valence-electron chi connectivity index (χ0n) is 38.8. The van der Waals surface area contributed by atoms with Crippen LogP contribution in [-0.4, -0.2) is 46.0 Å². The van der Waals surface area contributed by atoms with E-state index in [-0.39, 0.29) is 80.4 Å². The van der Waals surface area contributed by atoms with Crippen molar-refractivity contribution in [3.8, 4) is 34.4 Å². The van der Waals surface area contributed by atoms with Gasteiger partial charge < -0.3 is 31.6 Å². The van der Waals surface area contributed by atoms with Gasteiger partial charge in [0.2, 0.25) is 0 Å². The number of primary amides is 1. The van der Waals surface area contributed by atoms with Gasteiger partial charge in [-0.2, -0.15) is 0 Å². The Hall–Kier alpha value is -9.87. The van der Waals surface area contributed by atoms with E-state index in [0.29, 0.717) is 4.57 Å². The van der Waals surface area contributed by atoms with Crippen molar-refractivity contribution in [3.05, 3.63) is 239 Å². The standard InChI is InChI=1S/C26H18ClF2N5O5.C25H18ClF2N5O4/c1-2-11-33-13-17(25(37)34(26(33)38)16-6-3-14(28)4-7-16)24(36)32-15-5-8-19(18(29)12-15)39-20-9-10-31-22(21(20)27)23(30)35;1-2-11-32-13-17(24(35)33(25(32)36)16-6-3-14(27)4-7-16)23(34)31-15-5-8-19(18(28)12-15)37-20-9-10-30-22(29)21(20)26/h2-10,12-13H,1,11H2,(H2,30,35)(H,32,36);2-10,12-13H,1,11H2,(H2,29,30)(H,31,34). The van der Waals surface area contributed by atoms with Crippen molar-refractivity contribution in [1.82, 2.24) is 28.2 Å². The number of hydrogen-bond donors (Lipinski definition) is 4. The van der Waals surface area contributed by atoms with Gasteiger partial charge in [0, 0.05) is 73.5 Å². The van der Waals surface area contributed by atoms with Crippen molar-refractivity contribution in [1.29, 1.82) is 0 Å². The summed E-state index contributed by atoms with van der Waals surface area (Å²) in [6, 6.07) is 18.8. The number of allylic oxidation sites excluding steroid dienone is 2. The van der Waals surface area contributed by atoms with E-state index in [1.807, 2.05) is 0 Å². The number of carbonyl (C=O) groups is 3. The van der Waals surface area contributed by atoms with Crippen LogP contribution in [0.5, 0.6) is 23.0 Å². The second-order valence-corrected chi connectivity index (χ2v) is 16.3. The summed E-state index contributed by atoms with van der Waals surface area (Å²) in [6.07, 6.45) is 7.46. The number of nitrogens with two attached hydrogens (primary N) is 2. The largest absolute Gasteiger partial charge is 0.453 e. The quantitative estimate of drug-likeness (QED) is 0.0567. The maximum atomic E-state index is 14.8. The molecule has 0 saturated heterocycles. The molecule has 0 radical (unpaired) electrons. The molecule has 0 bridgehead atoms. The molecule has 0 unspecified atom stereocenters. The van der Waals surface area contributed by atoms with E-state index in [1.165, 1.54) is 85.2 Å². The van der Waals surface area contributed by atoms with Gasteiger partial charge in [0.25, 0.3) is 28.8 Å². The predicted octanol–water partition coefficient (Wildman–Crippen LogP) is 7.79. The van der Waals surface area contributed by atoms with E-state index in [4.69, 9.17) is 44.1 Å². The third-order valence-electron chi connectivity index (χ3n) is 10.4. The van der Waals surface area contributed by atoms with Gasteiger partial charge in [0.15, 0.2) is 28.9 Å². The average Bonchev–Trinajstić information content (AvgIpc) is 3.38. The highest BCUT2D eigenvalue weighted by molar-refractivity contribution is 6.35. The van der Waals surface area contributed by atoms with Crippen molar-refractivity contribution >= 4 is 58.1 Å². The van der Waals surface area contributed by atoms with Crippen molar-refractivity contribution in [2.75, 3.05) is 16.4 Å². The lowest BCUT2D eigenvalue weighted by atomic mass is 10.2. The molecule has 19 nitrogen and oxygen atoms in total. The smallest absolute Gasteiger partial charge is 0.335 e. The SMILES string of the molecule is C=CCn1cc(C(=O)Nc2ccc(Oc3ccnc(C(N)=O)c3Cl)c(F)c2)c(=O)n(-c2ccc(F)cc2)c1=O.C=CCn1cc(C(=O)Nc2ccc(Oc3ccnc(N)c3Cl)c(F)c2)c(=O)n(-c2ccc(F)cc2)c1=O.